The van der Waals surface area contributed by atoms with Crippen molar-refractivity contribution in [3.63, 3.8) is 0 Å². The van der Waals surface area contributed by atoms with E-state index in [1.165, 1.54) is 0 Å². The van der Waals surface area contributed by atoms with E-state index in [0.717, 1.165) is 51.9 Å². The average Bonchev–Trinajstić information content (AvgIpc) is 2.48. The maximum absolute atomic E-state index is 5.38. The fraction of sp³-hybridized carbons (Fsp3) is 0.933. The molecule has 0 aromatic heterocycles. The van der Waals surface area contributed by atoms with Gasteiger partial charge >= 0.3 is 0 Å². The van der Waals surface area contributed by atoms with Crippen LogP contribution >= 0.6 is 11.8 Å². The van der Waals surface area contributed by atoms with Crippen molar-refractivity contribution in [2.45, 2.75) is 25.5 Å². The van der Waals surface area contributed by atoms with Gasteiger partial charge in [-0.05, 0) is 26.0 Å². The van der Waals surface area contributed by atoms with E-state index < -0.39 is 0 Å². The molecule has 1 heterocycles. The van der Waals surface area contributed by atoms with E-state index in [2.05, 4.69) is 47.6 Å². The standard InChI is InChI=1S/C15H32N4OS/c1-13(11-19-6-8-20-9-7-19)10-17-14(16-4)18-12-15(2,3)21-5/h13H,6-12H2,1-5H3,(H2,16,17,18). The van der Waals surface area contributed by atoms with Gasteiger partial charge in [-0.1, -0.05) is 6.92 Å². The third kappa shape index (κ3) is 7.93. The lowest BCUT2D eigenvalue weighted by molar-refractivity contribution is 0.0320. The van der Waals surface area contributed by atoms with Gasteiger partial charge in [0, 0.05) is 44.5 Å². The molecular formula is C15H32N4OS. The molecule has 5 nitrogen and oxygen atoms in total. The summed E-state index contributed by atoms with van der Waals surface area (Å²) in [5.74, 6) is 1.49. The molecule has 1 aliphatic heterocycles. The molecule has 1 unspecified atom stereocenters. The number of hydrogen-bond donors (Lipinski definition) is 2. The first-order chi connectivity index (χ1) is 9.96. The van der Waals surface area contributed by atoms with E-state index in [1.807, 2.05) is 18.8 Å². The summed E-state index contributed by atoms with van der Waals surface area (Å²) >= 11 is 1.86. The second-order valence-electron chi connectivity index (χ2n) is 6.29. The Balaban J connectivity index is 2.24. The number of morpholine rings is 1. The highest BCUT2D eigenvalue weighted by atomic mass is 32.2. The normalized spacial score (nSPS) is 19.4. The number of guanidine groups is 1. The molecule has 0 saturated carbocycles. The minimum atomic E-state index is 0.219. The van der Waals surface area contributed by atoms with E-state index >= 15 is 0 Å². The van der Waals surface area contributed by atoms with Crippen LogP contribution in [0.4, 0.5) is 0 Å². The van der Waals surface area contributed by atoms with Gasteiger partial charge in [0.2, 0.25) is 0 Å². The van der Waals surface area contributed by atoms with Gasteiger partial charge in [0.1, 0.15) is 0 Å². The van der Waals surface area contributed by atoms with E-state index in [9.17, 15) is 0 Å². The minimum absolute atomic E-state index is 0.219. The maximum Gasteiger partial charge on any atom is 0.191 e. The molecule has 0 spiro atoms. The van der Waals surface area contributed by atoms with Crippen LogP contribution in [0.2, 0.25) is 0 Å². The highest BCUT2D eigenvalue weighted by molar-refractivity contribution is 7.99. The Bertz CT molecular complexity index is 317. The minimum Gasteiger partial charge on any atom is -0.379 e. The van der Waals surface area contributed by atoms with E-state index in [4.69, 9.17) is 4.74 Å². The van der Waals surface area contributed by atoms with Crippen molar-refractivity contribution in [1.82, 2.24) is 15.5 Å². The zero-order valence-electron chi connectivity index (χ0n) is 14.2. The third-order valence-corrected chi connectivity index (χ3v) is 5.00. The van der Waals surface area contributed by atoms with Crippen molar-refractivity contribution in [2.24, 2.45) is 10.9 Å². The highest BCUT2D eigenvalue weighted by Gasteiger charge is 2.17. The molecule has 2 N–H and O–H groups in total. The quantitative estimate of drug-likeness (QED) is 0.547. The molecule has 21 heavy (non-hydrogen) atoms. The summed E-state index contributed by atoms with van der Waals surface area (Å²) in [5.41, 5.74) is 0. The first-order valence-electron chi connectivity index (χ1n) is 7.76. The van der Waals surface area contributed by atoms with Gasteiger partial charge in [-0.25, -0.2) is 0 Å². The Morgan fingerprint density at radius 1 is 1.33 bits per heavy atom. The van der Waals surface area contributed by atoms with E-state index in [0.29, 0.717) is 5.92 Å². The molecule has 0 bridgehead atoms. The summed E-state index contributed by atoms with van der Waals surface area (Å²) in [4.78, 5) is 6.77. The smallest absolute Gasteiger partial charge is 0.191 e. The molecule has 1 rings (SSSR count). The Hall–Kier alpha value is -0.460. The molecule has 0 amide bonds. The fourth-order valence-corrected chi connectivity index (χ4v) is 2.37. The molecule has 0 aromatic carbocycles. The molecule has 1 aliphatic rings. The van der Waals surface area contributed by atoms with Crippen LogP contribution in [-0.4, -0.2) is 74.8 Å². The van der Waals surface area contributed by atoms with E-state index in [1.54, 1.807) is 0 Å². The average molecular weight is 317 g/mol. The number of thioether (sulfide) groups is 1. The van der Waals surface area contributed by atoms with Gasteiger partial charge in [-0.3, -0.25) is 9.89 Å². The van der Waals surface area contributed by atoms with Crippen LogP contribution in [0.1, 0.15) is 20.8 Å². The van der Waals surface area contributed by atoms with Crippen LogP contribution in [-0.2, 0) is 4.74 Å². The molecule has 6 heteroatoms. The van der Waals surface area contributed by atoms with Crippen LogP contribution in [0.15, 0.2) is 4.99 Å². The lowest BCUT2D eigenvalue weighted by Gasteiger charge is -2.29. The van der Waals surface area contributed by atoms with Crippen LogP contribution in [0.3, 0.4) is 0 Å². The molecule has 1 saturated heterocycles. The number of aliphatic imine (C=N–C) groups is 1. The highest BCUT2D eigenvalue weighted by Crippen LogP contribution is 2.19. The number of hydrogen-bond acceptors (Lipinski definition) is 4. The van der Waals surface area contributed by atoms with Gasteiger partial charge < -0.3 is 15.4 Å². The summed E-state index contributed by atoms with van der Waals surface area (Å²) in [5, 5.41) is 6.83. The zero-order valence-corrected chi connectivity index (χ0v) is 15.1. The van der Waals surface area contributed by atoms with Crippen molar-refractivity contribution in [3.05, 3.63) is 0 Å². The molecule has 1 fully saturated rings. The fourth-order valence-electron chi connectivity index (χ4n) is 2.15. The first-order valence-corrected chi connectivity index (χ1v) is 8.99. The second kappa shape index (κ2) is 9.54. The molecule has 0 aromatic rings. The molecular weight excluding hydrogens is 284 g/mol. The summed E-state index contributed by atoms with van der Waals surface area (Å²) in [6, 6.07) is 0. The molecule has 1 atom stereocenters. The Kier molecular flexibility index (Phi) is 8.44. The van der Waals surface area contributed by atoms with Crippen molar-refractivity contribution >= 4 is 17.7 Å². The molecule has 0 radical (unpaired) electrons. The summed E-state index contributed by atoms with van der Waals surface area (Å²) in [7, 11) is 1.83. The predicted molar refractivity (Wildman–Crippen MR) is 93.4 cm³/mol. The van der Waals surface area contributed by atoms with E-state index in [-0.39, 0.29) is 4.75 Å². The van der Waals surface area contributed by atoms with Gasteiger partial charge in [0.25, 0.3) is 0 Å². The topological polar surface area (TPSA) is 48.9 Å². The van der Waals surface area contributed by atoms with Gasteiger partial charge in [0.05, 0.1) is 13.2 Å². The largest absolute Gasteiger partial charge is 0.379 e. The van der Waals surface area contributed by atoms with Crippen molar-refractivity contribution in [3.8, 4) is 0 Å². The van der Waals surface area contributed by atoms with Crippen molar-refractivity contribution in [2.75, 3.05) is 59.2 Å². The zero-order chi connectivity index (χ0) is 15.7. The number of rotatable bonds is 7. The summed E-state index contributed by atoms with van der Waals surface area (Å²) < 4.78 is 5.60. The Morgan fingerprint density at radius 3 is 2.57 bits per heavy atom. The van der Waals surface area contributed by atoms with Gasteiger partial charge in [-0.15, -0.1) is 0 Å². The number of nitrogens with one attached hydrogen (secondary N) is 2. The lowest BCUT2D eigenvalue weighted by atomic mass is 10.1. The van der Waals surface area contributed by atoms with Gasteiger partial charge in [-0.2, -0.15) is 11.8 Å². The lowest BCUT2D eigenvalue weighted by Crippen LogP contribution is -2.46. The Morgan fingerprint density at radius 2 is 2.00 bits per heavy atom. The Labute approximate surface area is 134 Å². The van der Waals surface area contributed by atoms with Crippen LogP contribution in [0, 0.1) is 5.92 Å². The second-order valence-corrected chi connectivity index (χ2v) is 7.80. The number of ether oxygens (including phenoxy) is 1. The third-order valence-electron chi connectivity index (χ3n) is 3.75. The van der Waals surface area contributed by atoms with Crippen LogP contribution in [0.5, 0.6) is 0 Å². The molecule has 124 valence electrons. The van der Waals surface area contributed by atoms with Crippen LogP contribution < -0.4 is 10.6 Å². The number of nitrogens with zero attached hydrogens (tertiary/aromatic N) is 2. The SMILES string of the molecule is CN=C(NCC(C)CN1CCOCC1)NCC(C)(C)SC. The first kappa shape index (κ1) is 18.6. The molecule has 0 aliphatic carbocycles. The predicted octanol–water partition coefficient (Wildman–Crippen LogP) is 1.26. The maximum atomic E-state index is 5.38. The van der Waals surface area contributed by atoms with Gasteiger partial charge in [0.15, 0.2) is 5.96 Å². The summed E-state index contributed by atoms with van der Waals surface area (Å²) in [6.45, 7) is 13.6. The van der Waals surface area contributed by atoms with Crippen molar-refractivity contribution < 1.29 is 4.74 Å². The monoisotopic (exact) mass is 316 g/mol. The summed E-state index contributed by atoms with van der Waals surface area (Å²) in [6.07, 6.45) is 2.14. The van der Waals surface area contributed by atoms with Crippen LogP contribution in [0.25, 0.3) is 0 Å². The van der Waals surface area contributed by atoms with Crippen molar-refractivity contribution in [1.29, 1.82) is 0 Å².